The molecule has 1 N–H and O–H groups in total. The minimum absolute atomic E-state index is 0.392. The van der Waals surface area contributed by atoms with Crippen LogP contribution in [0.4, 0.5) is 0 Å². The predicted molar refractivity (Wildman–Crippen MR) is 84.8 cm³/mol. The van der Waals surface area contributed by atoms with Crippen LogP contribution < -0.4 is 5.32 Å². The van der Waals surface area contributed by atoms with Crippen molar-refractivity contribution in [2.45, 2.75) is 39.2 Å². The highest BCUT2D eigenvalue weighted by atomic mass is 14.9. The second kappa shape index (κ2) is 7.81. The molecule has 0 amide bonds. The molecule has 2 nitrogen and oxygen atoms in total. The minimum atomic E-state index is 0.392. The lowest BCUT2D eigenvalue weighted by molar-refractivity contribution is 0.498. The van der Waals surface area contributed by atoms with E-state index in [1.807, 2.05) is 13.1 Å². The standard InChI is InChI=1S/C18H24N2/c1-3-13-19-18(17-11-9-15(2)20-14-17)12-10-16-7-5-4-6-8-16/h4-9,11,14,18-19H,3,10,12-13H2,1-2H3. The summed E-state index contributed by atoms with van der Waals surface area (Å²) in [5.41, 5.74) is 3.77. The molecule has 0 bridgehead atoms. The van der Waals surface area contributed by atoms with Gasteiger partial charge in [0.25, 0.3) is 0 Å². The molecule has 1 aromatic carbocycles. The summed E-state index contributed by atoms with van der Waals surface area (Å²) in [5.74, 6) is 0. The van der Waals surface area contributed by atoms with E-state index in [4.69, 9.17) is 0 Å². The van der Waals surface area contributed by atoms with Gasteiger partial charge in [-0.1, -0.05) is 43.3 Å². The van der Waals surface area contributed by atoms with Crippen molar-refractivity contribution in [2.75, 3.05) is 6.54 Å². The fourth-order valence-corrected chi connectivity index (χ4v) is 2.35. The highest BCUT2D eigenvalue weighted by Crippen LogP contribution is 2.19. The topological polar surface area (TPSA) is 24.9 Å². The largest absolute Gasteiger partial charge is 0.310 e. The zero-order valence-corrected chi connectivity index (χ0v) is 12.5. The molecule has 0 saturated carbocycles. The fourth-order valence-electron chi connectivity index (χ4n) is 2.35. The van der Waals surface area contributed by atoms with Gasteiger partial charge in [0, 0.05) is 17.9 Å². The molecule has 0 aliphatic heterocycles. The molecule has 0 aliphatic carbocycles. The highest BCUT2D eigenvalue weighted by Gasteiger charge is 2.11. The average Bonchev–Trinajstić information content (AvgIpc) is 2.50. The molecule has 106 valence electrons. The molecule has 1 atom stereocenters. The maximum Gasteiger partial charge on any atom is 0.0372 e. The third kappa shape index (κ3) is 4.46. The van der Waals surface area contributed by atoms with Crippen LogP contribution in [0, 0.1) is 6.92 Å². The number of aromatic nitrogens is 1. The zero-order valence-electron chi connectivity index (χ0n) is 12.5. The Kier molecular flexibility index (Phi) is 5.75. The summed E-state index contributed by atoms with van der Waals surface area (Å²) in [6, 6.07) is 15.4. The van der Waals surface area contributed by atoms with Gasteiger partial charge in [0.2, 0.25) is 0 Å². The van der Waals surface area contributed by atoms with Crippen LogP contribution in [0.25, 0.3) is 0 Å². The third-order valence-electron chi connectivity index (χ3n) is 3.54. The van der Waals surface area contributed by atoms with Gasteiger partial charge in [-0.25, -0.2) is 0 Å². The van der Waals surface area contributed by atoms with E-state index in [1.165, 1.54) is 11.1 Å². The highest BCUT2D eigenvalue weighted by molar-refractivity contribution is 5.19. The van der Waals surface area contributed by atoms with E-state index in [0.717, 1.165) is 31.5 Å². The molecule has 1 heterocycles. The normalized spacial score (nSPS) is 12.3. The van der Waals surface area contributed by atoms with Gasteiger partial charge in [0.05, 0.1) is 0 Å². The van der Waals surface area contributed by atoms with Gasteiger partial charge in [-0.3, -0.25) is 4.98 Å². The van der Waals surface area contributed by atoms with Crippen molar-refractivity contribution in [2.24, 2.45) is 0 Å². The number of nitrogens with zero attached hydrogens (tertiary/aromatic N) is 1. The van der Waals surface area contributed by atoms with Gasteiger partial charge in [0.1, 0.15) is 0 Å². The smallest absolute Gasteiger partial charge is 0.0372 e. The molecule has 2 rings (SSSR count). The van der Waals surface area contributed by atoms with Crippen molar-refractivity contribution in [3.05, 3.63) is 65.5 Å². The van der Waals surface area contributed by atoms with Crippen molar-refractivity contribution < 1.29 is 0 Å². The molecule has 1 aromatic heterocycles. The van der Waals surface area contributed by atoms with Gasteiger partial charge in [0.15, 0.2) is 0 Å². The molecular formula is C18H24N2. The van der Waals surface area contributed by atoms with Crippen LogP contribution in [0.2, 0.25) is 0 Å². The van der Waals surface area contributed by atoms with Crippen molar-refractivity contribution in [1.82, 2.24) is 10.3 Å². The van der Waals surface area contributed by atoms with E-state index in [0.29, 0.717) is 6.04 Å². The van der Waals surface area contributed by atoms with E-state index in [-0.39, 0.29) is 0 Å². The van der Waals surface area contributed by atoms with E-state index in [9.17, 15) is 0 Å². The van der Waals surface area contributed by atoms with Crippen LogP contribution in [-0.4, -0.2) is 11.5 Å². The summed E-state index contributed by atoms with van der Waals surface area (Å²) in [7, 11) is 0. The molecule has 2 aromatic rings. The molecule has 0 fully saturated rings. The quantitative estimate of drug-likeness (QED) is 0.819. The fraction of sp³-hybridized carbons (Fsp3) is 0.389. The molecule has 2 heteroatoms. The Bertz CT molecular complexity index is 491. The average molecular weight is 268 g/mol. The number of hydrogen-bond acceptors (Lipinski definition) is 2. The molecule has 0 saturated heterocycles. The Balaban J connectivity index is 2.01. The molecule has 20 heavy (non-hydrogen) atoms. The lowest BCUT2D eigenvalue weighted by Crippen LogP contribution is -2.23. The SMILES string of the molecule is CCCNC(CCc1ccccc1)c1ccc(C)nc1. The number of rotatable bonds is 7. The summed E-state index contributed by atoms with van der Waals surface area (Å²) in [5, 5.41) is 3.64. The molecule has 1 unspecified atom stereocenters. The summed E-state index contributed by atoms with van der Waals surface area (Å²) in [4.78, 5) is 4.42. The van der Waals surface area contributed by atoms with Crippen LogP contribution in [0.5, 0.6) is 0 Å². The first-order valence-electron chi connectivity index (χ1n) is 7.49. The third-order valence-corrected chi connectivity index (χ3v) is 3.54. The number of pyridine rings is 1. The molecule has 0 spiro atoms. The van der Waals surface area contributed by atoms with E-state index < -0.39 is 0 Å². The summed E-state index contributed by atoms with van der Waals surface area (Å²) in [6.45, 7) is 5.28. The Morgan fingerprint density at radius 2 is 1.90 bits per heavy atom. The summed E-state index contributed by atoms with van der Waals surface area (Å²) in [6.07, 6.45) is 5.36. The summed E-state index contributed by atoms with van der Waals surface area (Å²) < 4.78 is 0. The van der Waals surface area contributed by atoms with Crippen LogP contribution >= 0.6 is 0 Å². The van der Waals surface area contributed by atoms with Crippen LogP contribution in [0.3, 0.4) is 0 Å². The second-order valence-corrected chi connectivity index (χ2v) is 5.26. The Hall–Kier alpha value is -1.67. The minimum Gasteiger partial charge on any atom is -0.310 e. The van der Waals surface area contributed by atoms with Crippen molar-refractivity contribution in [3.8, 4) is 0 Å². The van der Waals surface area contributed by atoms with Crippen molar-refractivity contribution in [1.29, 1.82) is 0 Å². The molecular weight excluding hydrogens is 244 g/mol. The lowest BCUT2D eigenvalue weighted by atomic mass is 10.00. The monoisotopic (exact) mass is 268 g/mol. The van der Waals surface area contributed by atoms with E-state index in [1.54, 1.807) is 0 Å². The van der Waals surface area contributed by atoms with Crippen LogP contribution in [0.15, 0.2) is 48.7 Å². The van der Waals surface area contributed by atoms with Gasteiger partial charge >= 0.3 is 0 Å². The first kappa shape index (κ1) is 14.7. The van der Waals surface area contributed by atoms with Crippen LogP contribution in [0.1, 0.15) is 42.6 Å². The van der Waals surface area contributed by atoms with Gasteiger partial charge < -0.3 is 5.32 Å². The van der Waals surface area contributed by atoms with Gasteiger partial charge in [-0.2, -0.15) is 0 Å². The van der Waals surface area contributed by atoms with Gasteiger partial charge in [-0.05, 0) is 49.9 Å². The lowest BCUT2D eigenvalue weighted by Gasteiger charge is -2.19. The molecule has 0 radical (unpaired) electrons. The zero-order chi connectivity index (χ0) is 14.2. The number of benzene rings is 1. The van der Waals surface area contributed by atoms with Gasteiger partial charge in [-0.15, -0.1) is 0 Å². The number of aryl methyl sites for hydroxylation is 2. The second-order valence-electron chi connectivity index (χ2n) is 5.26. The molecule has 0 aliphatic rings. The van der Waals surface area contributed by atoms with E-state index >= 15 is 0 Å². The number of nitrogens with one attached hydrogen (secondary N) is 1. The first-order valence-corrected chi connectivity index (χ1v) is 7.49. The van der Waals surface area contributed by atoms with Crippen molar-refractivity contribution in [3.63, 3.8) is 0 Å². The number of hydrogen-bond donors (Lipinski definition) is 1. The first-order chi connectivity index (χ1) is 9.79. The Morgan fingerprint density at radius 3 is 2.55 bits per heavy atom. The van der Waals surface area contributed by atoms with Crippen LogP contribution in [-0.2, 0) is 6.42 Å². The Labute approximate surface area is 122 Å². The predicted octanol–water partition coefficient (Wildman–Crippen LogP) is 4.06. The maximum atomic E-state index is 4.42. The Morgan fingerprint density at radius 1 is 1.10 bits per heavy atom. The summed E-state index contributed by atoms with van der Waals surface area (Å²) >= 11 is 0. The van der Waals surface area contributed by atoms with Crippen molar-refractivity contribution >= 4 is 0 Å². The maximum absolute atomic E-state index is 4.42. The van der Waals surface area contributed by atoms with E-state index in [2.05, 4.69) is 59.7 Å².